The summed E-state index contributed by atoms with van der Waals surface area (Å²) in [5.41, 5.74) is -0.162. The van der Waals surface area contributed by atoms with E-state index in [9.17, 15) is 0 Å². The monoisotopic (exact) mass is 262 g/mol. The van der Waals surface area contributed by atoms with Gasteiger partial charge in [0.2, 0.25) is 0 Å². The molecule has 0 saturated carbocycles. The lowest BCUT2D eigenvalue weighted by Gasteiger charge is -2.14. The zero-order chi connectivity index (χ0) is 14.0. The van der Waals surface area contributed by atoms with Crippen molar-refractivity contribution in [2.24, 2.45) is 5.41 Å². The van der Waals surface area contributed by atoms with E-state index in [-0.39, 0.29) is 5.41 Å². The van der Waals surface area contributed by atoms with E-state index in [1.54, 1.807) is 0 Å². The Labute approximate surface area is 116 Å². The minimum Gasteiger partial charge on any atom is -0.337 e. The maximum absolute atomic E-state index is 8.90. The van der Waals surface area contributed by atoms with Gasteiger partial charge < -0.3 is 9.88 Å². The standard InChI is InChI=1S/C15H26N4/c1-15(2,13-16)7-3-4-8-17-9-5-6-11-19-12-10-18-14-19/h10,12,14,17H,3-9,11H2,1-2H3. The predicted octanol–water partition coefficient (Wildman–Crippen LogP) is 2.97. The summed E-state index contributed by atoms with van der Waals surface area (Å²) in [7, 11) is 0. The van der Waals surface area contributed by atoms with Gasteiger partial charge in [0.1, 0.15) is 0 Å². The van der Waals surface area contributed by atoms with Gasteiger partial charge in [0.25, 0.3) is 0 Å². The first kappa shape index (κ1) is 15.7. The van der Waals surface area contributed by atoms with Crippen molar-refractivity contribution >= 4 is 0 Å². The molecule has 0 atom stereocenters. The highest BCUT2D eigenvalue weighted by Crippen LogP contribution is 2.21. The van der Waals surface area contributed by atoms with E-state index >= 15 is 0 Å². The third kappa shape index (κ3) is 7.63. The first-order valence-corrected chi connectivity index (χ1v) is 7.22. The average Bonchev–Trinajstić information content (AvgIpc) is 2.90. The number of imidazole rings is 1. The Morgan fingerprint density at radius 1 is 1.21 bits per heavy atom. The zero-order valence-corrected chi connectivity index (χ0v) is 12.2. The van der Waals surface area contributed by atoms with Crippen LogP contribution in [0.5, 0.6) is 0 Å². The van der Waals surface area contributed by atoms with Crippen molar-refractivity contribution in [3.05, 3.63) is 18.7 Å². The number of rotatable bonds is 10. The lowest BCUT2D eigenvalue weighted by atomic mass is 9.89. The summed E-state index contributed by atoms with van der Waals surface area (Å²) in [5, 5.41) is 12.4. The van der Waals surface area contributed by atoms with Crippen molar-refractivity contribution in [2.75, 3.05) is 13.1 Å². The van der Waals surface area contributed by atoms with E-state index in [1.807, 2.05) is 32.6 Å². The fraction of sp³-hybridized carbons (Fsp3) is 0.733. The Hall–Kier alpha value is -1.34. The van der Waals surface area contributed by atoms with Gasteiger partial charge in [-0.3, -0.25) is 0 Å². The lowest BCUT2D eigenvalue weighted by Crippen LogP contribution is -2.18. The van der Waals surface area contributed by atoms with Crippen LogP contribution in [-0.4, -0.2) is 22.6 Å². The predicted molar refractivity (Wildman–Crippen MR) is 77.6 cm³/mol. The molecule has 0 radical (unpaired) electrons. The fourth-order valence-corrected chi connectivity index (χ4v) is 1.96. The molecule has 1 aromatic heterocycles. The van der Waals surface area contributed by atoms with Gasteiger partial charge in [0.05, 0.1) is 17.8 Å². The number of aryl methyl sites for hydroxylation is 1. The maximum Gasteiger partial charge on any atom is 0.0945 e. The molecule has 0 spiro atoms. The Kier molecular flexibility index (Phi) is 7.20. The summed E-state index contributed by atoms with van der Waals surface area (Å²) >= 11 is 0. The van der Waals surface area contributed by atoms with Crippen molar-refractivity contribution in [1.29, 1.82) is 5.26 Å². The van der Waals surface area contributed by atoms with Crippen LogP contribution < -0.4 is 5.32 Å². The van der Waals surface area contributed by atoms with Gasteiger partial charge in [-0.2, -0.15) is 5.26 Å². The summed E-state index contributed by atoms with van der Waals surface area (Å²) < 4.78 is 2.12. The largest absolute Gasteiger partial charge is 0.337 e. The van der Waals surface area contributed by atoms with Crippen LogP contribution in [0, 0.1) is 16.7 Å². The quantitative estimate of drug-likeness (QED) is 0.660. The molecule has 0 aliphatic heterocycles. The first-order chi connectivity index (χ1) is 9.14. The van der Waals surface area contributed by atoms with Crippen LogP contribution in [0.2, 0.25) is 0 Å². The smallest absolute Gasteiger partial charge is 0.0945 e. The molecular formula is C15H26N4. The second kappa shape index (κ2) is 8.71. The third-order valence-corrected chi connectivity index (χ3v) is 3.29. The minimum atomic E-state index is -0.162. The Balaban J connectivity index is 1.85. The molecule has 1 N–H and O–H groups in total. The van der Waals surface area contributed by atoms with Crippen LogP contribution in [0.1, 0.15) is 46.0 Å². The van der Waals surface area contributed by atoms with Gasteiger partial charge in [-0.1, -0.05) is 6.42 Å². The highest BCUT2D eigenvalue weighted by Gasteiger charge is 2.14. The van der Waals surface area contributed by atoms with Crippen molar-refractivity contribution in [3.8, 4) is 6.07 Å². The molecule has 1 rings (SSSR count). The molecule has 0 aliphatic rings. The molecule has 0 amide bonds. The maximum atomic E-state index is 8.90. The summed E-state index contributed by atoms with van der Waals surface area (Å²) in [4.78, 5) is 4.02. The SMILES string of the molecule is CC(C)(C#N)CCCCNCCCCn1ccnc1. The van der Waals surface area contributed by atoms with E-state index in [0.717, 1.165) is 38.9 Å². The normalized spacial score (nSPS) is 11.4. The first-order valence-electron chi connectivity index (χ1n) is 7.22. The van der Waals surface area contributed by atoms with Crippen molar-refractivity contribution in [2.45, 2.75) is 52.5 Å². The van der Waals surface area contributed by atoms with Gasteiger partial charge in [-0.05, 0) is 52.6 Å². The molecule has 106 valence electrons. The molecule has 4 heteroatoms. The Morgan fingerprint density at radius 2 is 1.95 bits per heavy atom. The lowest BCUT2D eigenvalue weighted by molar-refractivity contribution is 0.421. The molecule has 0 fully saturated rings. The molecule has 0 aromatic carbocycles. The highest BCUT2D eigenvalue weighted by atomic mass is 15.0. The number of nitrogens with one attached hydrogen (secondary N) is 1. The minimum absolute atomic E-state index is 0.162. The fourth-order valence-electron chi connectivity index (χ4n) is 1.96. The topological polar surface area (TPSA) is 53.6 Å². The second-order valence-electron chi connectivity index (χ2n) is 5.71. The number of nitriles is 1. The van der Waals surface area contributed by atoms with E-state index < -0.39 is 0 Å². The zero-order valence-electron chi connectivity index (χ0n) is 12.2. The summed E-state index contributed by atoms with van der Waals surface area (Å²) in [5.74, 6) is 0. The molecular weight excluding hydrogens is 236 g/mol. The van der Waals surface area contributed by atoms with Gasteiger partial charge in [0.15, 0.2) is 0 Å². The van der Waals surface area contributed by atoms with Crippen LogP contribution >= 0.6 is 0 Å². The molecule has 1 aromatic rings. The van der Waals surface area contributed by atoms with Crippen LogP contribution in [0.4, 0.5) is 0 Å². The molecule has 1 heterocycles. The van der Waals surface area contributed by atoms with Crippen LogP contribution in [0.25, 0.3) is 0 Å². The van der Waals surface area contributed by atoms with Crippen LogP contribution in [-0.2, 0) is 6.54 Å². The molecule has 19 heavy (non-hydrogen) atoms. The number of unbranched alkanes of at least 4 members (excludes halogenated alkanes) is 2. The summed E-state index contributed by atoms with van der Waals surface area (Å²) in [6.45, 7) is 7.22. The molecule has 0 unspecified atom stereocenters. The molecule has 0 bridgehead atoms. The summed E-state index contributed by atoms with van der Waals surface area (Å²) in [6, 6.07) is 2.35. The van der Waals surface area contributed by atoms with Crippen molar-refractivity contribution in [1.82, 2.24) is 14.9 Å². The second-order valence-corrected chi connectivity index (χ2v) is 5.71. The third-order valence-electron chi connectivity index (χ3n) is 3.29. The van der Waals surface area contributed by atoms with E-state index in [0.29, 0.717) is 0 Å². The molecule has 4 nitrogen and oxygen atoms in total. The van der Waals surface area contributed by atoms with Gasteiger partial charge in [-0.25, -0.2) is 4.98 Å². The number of aromatic nitrogens is 2. The van der Waals surface area contributed by atoms with E-state index in [1.165, 1.54) is 12.8 Å². The molecule has 0 aliphatic carbocycles. The van der Waals surface area contributed by atoms with Crippen molar-refractivity contribution < 1.29 is 0 Å². The Bertz CT molecular complexity index is 362. The van der Waals surface area contributed by atoms with E-state index in [2.05, 4.69) is 20.9 Å². The number of nitrogens with zero attached hydrogens (tertiary/aromatic N) is 3. The Morgan fingerprint density at radius 3 is 2.58 bits per heavy atom. The van der Waals surface area contributed by atoms with Crippen LogP contribution in [0.15, 0.2) is 18.7 Å². The average molecular weight is 262 g/mol. The van der Waals surface area contributed by atoms with Crippen molar-refractivity contribution in [3.63, 3.8) is 0 Å². The summed E-state index contributed by atoms with van der Waals surface area (Å²) in [6.07, 6.45) is 11.4. The number of hydrogen-bond donors (Lipinski definition) is 1. The van der Waals surface area contributed by atoms with Gasteiger partial charge in [-0.15, -0.1) is 0 Å². The molecule has 0 saturated heterocycles. The van der Waals surface area contributed by atoms with Gasteiger partial charge >= 0.3 is 0 Å². The van der Waals surface area contributed by atoms with E-state index in [4.69, 9.17) is 5.26 Å². The highest BCUT2D eigenvalue weighted by molar-refractivity contribution is 4.91. The number of hydrogen-bond acceptors (Lipinski definition) is 3. The van der Waals surface area contributed by atoms with Gasteiger partial charge in [0, 0.05) is 18.9 Å². The van der Waals surface area contributed by atoms with Crippen LogP contribution in [0.3, 0.4) is 0 Å².